The van der Waals surface area contributed by atoms with Crippen LogP contribution in [0.15, 0.2) is 23.6 Å². The molecule has 0 atom stereocenters. The Morgan fingerprint density at radius 3 is 2.55 bits per heavy atom. The lowest BCUT2D eigenvalue weighted by Crippen LogP contribution is -2.51. The van der Waals surface area contributed by atoms with Crippen molar-refractivity contribution >= 4 is 61.2 Å². The second-order valence-corrected chi connectivity index (χ2v) is 9.30. The lowest BCUT2D eigenvalue weighted by molar-refractivity contribution is -0.115. The first-order valence-electron chi connectivity index (χ1n) is 10.5. The Labute approximate surface area is 198 Å². The Bertz CT molecular complexity index is 1170. The van der Waals surface area contributed by atoms with Crippen LogP contribution in [-0.2, 0) is 16.0 Å². The van der Waals surface area contributed by atoms with Gasteiger partial charge < -0.3 is 19.9 Å². The number of fused-ring (bicyclic) bond motifs is 1. The number of benzene rings is 1. The molecule has 2 aromatic heterocycles. The zero-order valence-electron chi connectivity index (χ0n) is 18.3. The molecule has 10 nitrogen and oxygen atoms in total. The Morgan fingerprint density at radius 2 is 1.82 bits per heavy atom. The quantitative estimate of drug-likeness (QED) is 0.567. The van der Waals surface area contributed by atoms with E-state index in [2.05, 4.69) is 20.6 Å². The molecule has 4 amide bonds. The van der Waals surface area contributed by atoms with Crippen LogP contribution in [0.25, 0.3) is 10.2 Å². The molecular weight excluding hydrogens is 464 g/mol. The minimum atomic E-state index is -0.360. The topological polar surface area (TPSA) is 117 Å². The van der Waals surface area contributed by atoms with Gasteiger partial charge in [-0.3, -0.25) is 10.1 Å². The monoisotopic (exact) mass is 488 g/mol. The van der Waals surface area contributed by atoms with Crippen LogP contribution < -0.4 is 10.6 Å². The molecule has 33 heavy (non-hydrogen) atoms. The van der Waals surface area contributed by atoms with Crippen molar-refractivity contribution in [3.63, 3.8) is 0 Å². The number of carbonyl (C=O) groups is 3. The van der Waals surface area contributed by atoms with Crippen molar-refractivity contribution in [2.24, 2.45) is 0 Å². The minimum absolute atomic E-state index is 0.0828. The second kappa shape index (κ2) is 10.1. The first-order chi connectivity index (χ1) is 15.9. The SMILES string of the molecule is CCOC(=O)N1CCN(C(=O)Nc2nc(CC(=O)Nc3nc4c(C)cccc4s3)cs2)CC1. The van der Waals surface area contributed by atoms with Crippen LogP contribution in [0.4, 0.5) is 19.9 Å². The molecular formula is C21H24N6O4S2. The number of aromatic nitrogens is 2. The lowest BCUT2D eigenvalue weighted by atomic mass is 10.2. The van der Waals surface area contributed by atoms with E-state index in [1.807, 2.05) is 25.1 Å². The molecule has 1 saturated heterocycles. The number of nitrogens with one attached hydrogen (secondary N) is 2. The summed E-state index contributed by atoms with van der Waals surface area (Å²) in [5.41, 5.74) is 2.52. The Kier molecular flexibility index (Phi) is 7.04. The highest BCUT2D eigenvalue weighted by atomic mass is 32.1. The molecule has 0 bridgehead atoms. The molecule has 1 aromatic carbocycles. The van der Waals surface area contributed by atoms with E-state index < -0.39 is 0 Å². The molecule has 0 spiro atoms. The van der Waals surface area contributed by atoms with Crippen LogP contribution in [0.3, 0.4) is 0 Å². The molecule has 1 aliphatic rings. The fourth-order valence-electron chi connectivity index (χ4n) is 3.39. The molecule has 4 rings (SSSR count). The van der Waals surface area contributed by atoms with Crippen molar-refractivity contribution in [1.82, 2.24) is 19.8 Å². The van der Waals surface area contributed by atoms with Crippen molar-refractivity contribution in [2.75, 3.05) is 43.4 Å². The third kappa shape index (κ3) is 5.57. The summed E-state index contributed by atoms with van der Waals surface area (Å²) in [5, 5.41) is 8.31. The fourth-order valence-corrected chi connectivity index (χ4v) is 5.05. The number of hydrogen-bond acceptors (Lipinski definition) is 8. The van der Waals surface area contributed by atoms with Crippen LogP contribution in [0.5, 0.6) is 0 Å². The van der Waals surface area contributed by atoms with Gasteiger partial charge in [-0.1, -0.05) is 23.5 Å². The van der Waals surface area contributed by atoms with Crippen molar-refractivity contribution in [3.05, 3.63) is 34.8 Å². The van der Waals surface area contributed by atoms with Crippen molar-refractivity contribution in [1.29, 1.82) is 0 Å². The number of para-hydroxylation sites is 1. The normalized spacial score (nSPS) is 13.8. The standard InChI is InChI=1S/C21H24N6O4S2/c1-3-31-21(30)27-9-7-26(8-10-27)20(29)25-18-22-14(12-32-18)11-16(28)23-19-24-17-13(2)5-4-6-15(17)33-19/h4-6,12H,3,7-11H2,1-2H3,(H,22,25,29)(H,23,24,28). The number of rotatable bonds is 5. The summed E-state index contributed by atoms with van der Waals surface area (Å²) in [5.74, 6) is -0.218. The number of anilines is 2. The number of carbonyl (C=O) groups excluding carboxylic acids is 3. The highest BCUT2D eigenvalue weighted by Crippen LogP contribution is 2.28. The smallest absolute Gasteiger partial charge is 0.409 e. The number of aryl methyl sites for hydroxylation is 1. The van der Waals surface area contributed by atoms with Crippen LogP contribution in [0.2, 0.25) is 0 Å². The molecule has 2 N–H and O–H groups in total. The van der Waals surface area contributed by atoms with Gasteiger partial charge in [-0.2, -0.15) is 0 Å². The van der Waals surface area contributed by atoms with Crippen molar-refractivity contribution in [2.45, 2.75) is 20.3 Å². The van der Waals surface area contributed by atoms with Crippen molar-refractivity contribution in [3.8, 4) is 0 Å². The fraction of sp³-hybridized carbons (Fsp3) is 0.381. The first-order valence-corrected chi connectivity index (χ1v) is 12.2. The number of thiazole rings is 2. The average molecular weight is 489 g/mol. The van der Waals surface area contributed by atoms with Gasteiger partial charge in [0.05, 0.1) is 28.9 Å². The van der Waals surface area contributed by atoms with Crippen LogP contribution in [0.1, 0.15) is 18.2 Å². The Balaban J connectivity index is 1.27. The number of ether oxygens (including phenoxy) is 1. The summed E-state index contributed by atoms with van der Waals surface area (Å²) >= 11 is 2.69. The molecule has 1 aliphatic heterocycles. The van der Waals surface area contributed by atoms with Crippen LogP contribution in [0, 0.1) is 6.92 Å². The maximum absolute atomic E-state index is 12.5. The second-order valence-electron chi connectivity index (χ2n) is 7.41. The molecule has 3 heterocycles. The lowest BCUT2D eigenvalue weighted by Gasteiger charge is -2.33. The summed E-state index contributed by atoms with van der Waals surface area (Å²) in [6, 6.07) is 5.64. The molecule has 3 aromatic rings. The number of amides is 4. The van der Waals surface area contributed by atoms with E-state index >= 15 is 0 Å². The van der Waals surface area contributed by atoms with Gasteiger partial charge in [0.15, 0.2) is 10.3 Å². The number of piperazine rings is 1. The zero-order valence-corrected chi connectivity index (χ0v) is 19.9. The Hall–Kier alpha value is -3.25. The Morgan fingerprint density at radius 1 is 1.06 bits per heavy atom. The number of hydrogen-bond donors (Lipinski definition) is 2. The largest absolute Gasteiger partial charge is 0.450 e. The highest BCUT2D eigenvalue weighted by molar-refractivity contribution is 7.22. The van der Waals surface area contributed by atoms with Gasteiger partial charge in [0.25, 0.3) is 0 Å². The van der Waals surface area contributed by atoms with Crippen molar-refractivity contribution < 1.29 is 19.1 Å². The van der Waals surface area contributed by atoms with E-state index in [0.29, 0.717) is 48.7 Å². The van der Waals surface area contributed by atoms with E-state index in [9.17, 15) is 14.4 Å². The van der Waals surface area contributed by atoms with E-state index in [-0.39, 0.29) is 24.5 Å². The first kappa shape index (κ1) is 22.9. The summed E-state index contributed by atoms with van der Waals surface area (Å²) in [4.78, 5) is 48.8. The van der Waals surface area contributed by atoms with Gasteiger partial charge >= 0.3 is 12.1 Å². The zero-order chi connectivity index (χ0) is 23.4. The molecule has 0 radical (unpaired) electrons. The summed E-state index contributed by atoms with van der Waals surface area (Å²) < 4.78 is 6.01. The molecule has 0 unspecified atom stereocenters. The van der Waals surface area contributed by atoms with Gasteiger partial charge in [0.2, 0.25) is 5.91 Å². The molecule has 1 fully saturated rings. The van der Waals surface area contributed by atoms with Gasteiger partial charge in [-0.25, -0.2) is 19.6 Å². The molecule has 12 heteroatoms. The maximum atomic E-state index is 12.5. The van der Waals surface area contributed by atoms with Gasteiger partial charge in [-0.05, 0) is 25.5 Å². The molecule has 0 saturated carbocycles. The van der Waals surface area contributed by atoms with E-state index in [4.69, 9.17) is 4.74 Å². The molecule has 174 valence electrons. The van der Waals surface area contributed by atoms with Crippen LogP contribution >= 0.6 is 22.7 Å². The van der Waals surface area contributed by atoms with E-state index in [0.717, 1.165) is 15.8 Å². The number of nitrogens with zero attached hydrogens (tertiary/aromatic N) is 4. The maximum Gasteiger partial charge on any atom is 0.409 e. The summed E-state index contributed by atoms with van der Waals surface area (Å²) in [7, 11) is 0. The van der Waals surface area contributed by atoms with Gasteiger partial charge in [-0.15, -0.1) is 11.3 Å². The third-order valence-electron chi connectivity index (χ3n) is 5.07. The summed E-state index contributed by atoms with van der Waals surface area (Å²) in [6.07, 6.45) is -0.277. The predicted molar refractivity (Wildman–Crippen MR) is 128 cm³/mol. The minimum Gasteiger partial charge on any atom is -0.450 e. The van der Waals surface area contributed by atoms with E-state index in [1.165, 1.54) is 22.7 Å². The average Bonchev–Trinajstić information content (AvgIpc) is 3.41. The predicted octanol–water partition coefficient (Wildman–Crippen LogP) is 3.55. The van der Waals surface area contributed by atoms with Gasteiger partial charge in [0, 0.05) is 31.6 Å². The van der Waals surface area contributed by atoms with E-state index in [1.54, 1.807) is 22.1 Å². The van der Waals surface area contributed by atoms with Crippen LogP contribution in [-0.4, -0.2) is 70.6 Å². The number of urea groups is 1. The summed E-state index contributed by atoms with van der Waals surface area (Å²) in [6.45, 7) is 5.72. The van der Waals surface area contributed by atoms with Gasteiger partial charge in [0.1, 0.15) is 0 Å². The third-order valence-corrected chi connectivity index (χ3v) is 6.81. The molecule has 0 aliphatic carbocycles. The highest BCUT2D eigenvalue weighted by Gasteiger charge is 2.25.